The van der Waals surface area contributed by atoms with Crippen molar-refractivity contribution in [3.8, 4) is 5.75 Å². The molecule has 0 amide bonds. The fourth-order valence-electron chi connectivity index (χ4n) is 2.34. The summed E-state index contributed by atoms with van der Waals surface area (Å²) in [4.78, 5) is 19.2. The molecule has 7 nitrogen and oxygen atoms in total. The molecule has 0 aliphatic carbocycles. The normalized spacial score (nSPS) is 17.0. The van der Waals surface area contributed by atoms with Gasteiger partial charge in [0, 0.05) is 25.9 Å². The lowest BCUT2D eigenvalue weighted by molar-refractivity contribution is -0.0221. The third-order valence-electron chi connectivity index (χ3n) is 3.56. The van der Waals surface area contributed by atoms with Crippen LogP contribution in [0.15, 0.2) is 30.3 Å². The highest BCUT2D eigenvalue weighted by atomic mass is 19.3. The van der Waals surface area contributed by atoms with Crippen LogP contribution in [0.25, 0.3) is 0 Å². The summed E-state index contributed by atoms with van der Waals surface area (Å²) >= 11 is 0. The third-order valence-corrected chi connectivity index (χ3v) is 3.56. The lowest BCUT2D eigenvalue weighted by atomic mass is 10.1. The lowest BCUT2D eigenvalue weighted by Crippen LogP contribution is -2.40. The molecule has 122 valence electrons. The maximum absolute atomic E-state index is 13.2. The van der Waals surface area contributed by atoms with Gasteiger partial charge >= 0.3 is 5.97 Å². The van der Waals surface area contributed by atoms with Crippen molar-refractivity contribution in [2.24, 2.45) is 0 Å². The van der Waals surface area contributed by atoms with Crippen molar-refractivity contribution >= 4 is 11.8 Å². The van der Waals surface area contributed by atoms with Crippen molar-refractivity contribution in [3.05, 3.63) is 36.0 Å². The first kappa shape index (κ1) is 15.2. The molecule has 9 heteroatoms. The number of aromatic nitrogens is 3. The standard InChI is InChI=1S/C14H14F2N4O3/c15-14(16)6-8-19(9-7-14)12-11(13(21)22)20(18-17-12)23-10-4-2-1-3-5-10/h1-5H,6-9H2,(H,21,22). The molecule has 0 saturated carbocycles. The molecular formula is C14H14F2N4O3. The van der Waals surface area contributed by atoms with Crippen LogP contribution < -0.4 is 9.74 Å². The zero-order chi connectivity index (χ0) is 16.4. The van der Waals surface area contributed by atoms with E-state index in [1.165, 1.54) is 4.90 Å². The maximum atomic E-state index is 13.2. The first-order valence-corrected chi connectivity index (χ1v) is 7.01. The van der Waals surface area contributed by atoms with Crippen molar-refractivity contribution < 1.29 is 23.5 Å². The molecule has 1 aliphatic heterocycles. The molecule has 23 heavy (non-hydrogen) atoms. The van der Waals surface area contributed by atoms with E-state index >= 15 is 0 Å². The van der Waals surface area contributed by atoms with Gasteiger partial charge in [-0.25, -0.2) is 13.6 Å². The highest BCUT2D eigenvalue weighted by Crippen LogP contribution is 2.31. The molecule has 3 rings (SSSR count). The van der Waals surface area contributed by atoms with E-state index < -0.39 is 11.9 Å². The fourth-order valence-corrected chi connectivity index (χ4v) is 2.34. The van der Waals surface area contributed by atoms with Crippen LogP contribution >= 0.6 is 0 Å². The quantitative estimate of drug-likeness (QED) is 0.927. The second-order valence-electron chi connectivity index (χ2n) is 5.19. The first-order valence-electron chi connectivity index (χ1n) is 7.01. The molecule has 2 heterocycles. The average Bonchev–Trinajstić information content (AvgIpc) is 2.92. The summed E-state index contributed by atoms with van der Waals surface area (Å²) in [5.41, 5.74) is -0.293. The van der Waals surface area contributed by atoms with Crippen LogP contribution in [-0.4, -0.2) is 45.2 Å². The van der Waals surface area contributed by atoms with Crippen molar-refractivity contribution in [1.29, 1.82) is 0 Å². The highest BCUT2D eigenvalue weighted by Gasteiger charge is 2.37. The number of carboxylic acids is 1. The van der Waals surface area contributed by atoms with E-state index in [1.807, 2.05) is 0 Å². The van der Waals surface area contributed by atoms with Gasteiger partial charge in [-0.1, -0.05) is 23.0 Å². The lowest BCUT2D eigenvalue weighted by Gasteiger charge is -2.31. The first-order chi connectivity index (χ1) is 11.0. The minimum atomic E-state index is -2.73. The molecule has 1 fully saturated rings. The number of aromatic carboxylic acids is 1. The number of carboxylic acid groups (broad SMARTS) is 1. The van der Waals surface area contributed by atoms with Gasteiger partial charge < -0.3 is 14.8 Å². The Morgan fingerprint density at radius 3 is 2.48 bits per heavy atom. The summed E-state index contributed by atoms with van der Waals surface area (Å²) in [5, 5.41) is 16.9. The number of halogens is 2. The molecule has 1 aromatic heterocycles. The Bertz CT molecular complexity index is 695. The van der Waals surface area contributed by atoms with E-state index in [2.05, 4.69) is 10.3 Å². The highest BCUT2D eigenvalue weighted by molar-refractivity contribution is 5.91. The van der Waals surface area contributed by atoms with E-state index in [1.54, 1.807) is 30.3 Å². The van der Waals surface area contributed by atoms with Crippen LogP contribution in [0.4, 0.5) is 14.6 Å². The van der Waals surface area contributed by atoms with E-state index in [0.717, 1.165) is 4.85 Å². The topological polar surface area (TPSA) is 80.5 Å². The summed E-state index contributed by atoms with van der Waals surface area (Å²) in [6.07, 6.45) is -0.697. The summed E-state index contributed by atoms with van der Waals surface area (Å²) < 4.78 is 26.5. The maximum Gasteiger partial charge on any atom is 0.361 e. The van der Waals surface area contributed by atoms with E-state index in [9.17, 15) is 18.7 Å². The van der Waals surface area contributed by atoms with E-state index in [-0.39, 0.29) is 37.4 Å². The molecule has 0 atom stereocenters. The van der Waals surface area contributed by atoms with Crippen LogP contribution in [0.1, 0.15) is 23.3 Å². The molecule has 1 aliphatic rings. The van der Waals surface area contributed by atoms with Gasteiger partial charge in [-0.15, -0.1) is 5.10 Å². The number of rotatable bonds is 4. The van der Waals surface area contributed by atoms with Gasteiger partial charge in [0.2, 0.25) is 5.69 Å². The number of para-hydroxylation sites is 1. The predicted octanol–water partition coefficient (Wildman–Crippen LogP) is 2.05. The Morgan fingerprint density at radius 2 is 1.87 bits per heavy atom. The Morgan fingerprint density at radius 1 is 1.22 bits per heavy atom. The van der Waals surface area contributed by atoms with E-state index in [4.69, 9.17) is 4.84 Å². The predicted molar refractivity (Wildman–Crippen MR) is 75.8 cm³/mol. The minimum absolute atomic E-state index is 0.0112. The molecule has 0 radical (unpaired) electrons. The number of anilines is 1. The smallest absolute Gasteiger partial charge is 0.361 e. The fraction of sp³-hybridized carbons (Fsp3) is 0.357. The Balaban J connectivity index is 1.86. The van der Waals surface area contributed by atoms with Gasteiger partial charge in [-0.05, 0) is 17.3 Å². The summed E-state index contributed by atoms with van der Waals surface area (Å²) in [7, 11) is 0. The Labute approximate surface area is 130 Å². The number of carbonyl (C=O) groups is 1. The molecule has 1 aromatic carbocycles. The van der Waals surface area contributed by atoms with Crippen LogP contribution in [0, 0.1) is 0 Å². The number of benzene rings is 1. The number of hydrogen-bond acceptors (Lipinski definition) is 5. The summed E-state index contributed by atoms with van der Waals surface area (Å²) in [5.74, 6) is -3.60. The van der Waals surface area contributed by atoms with Gasteiger partial charge in [0.25, 0.3) is 5.92 Å². The number of alkyl halides is 2. The summed E-state index contributed by atoms with van der Waals surface area (Å²) in [6, 6.07) is 8.50. The van der Waals surface area contributed by atoms with Crippen molar-refractivity contribution in [3.63, 3.8) is 0 Å². The molecule has 0 unspecified atom stereocenters. The van der Waals surface area contributed by atoms with Gasteiger partial charge in [0.05, 0.1) is 0 Å². The SMILES string of the molecule is O=C(O)c1c(N2CCC(F)(F)CC2)nnn1Oc1ccccc1. The molecule has 1 N–H and O–H groups in total. The Kier molecular flexibility index (Phi) is 3.85. The molecule has 0 spiro atoms. The van der Waals surface area contributed by atoms with Gasteiger partial charge in [0.1, 0.15) is 0 Å². The second kappa shape index (κ2) is 5.82. The van der Waals surface area contributed by atoms with Crippen LogP contribution in [0.5, 0.6) is 5.75 Å². The number of hydrogen-bond donors (Lipinski definition) is 1. The second-order valence-corrected chi connectivity index (χ2v) is 5.19. The van der Waals surface area contributed by atoms with Gasteiger partial charge in [0.15, 0.2) is 11.6 Å². The molecule has 1 saturated heterocycles. The number of nitrogens with zero attached hydrogens (tertiary/aromatic N) is 4. The Hall–Kier alpha value is -2.71. The van der Waals surface area contributed by atoms with Gasteiger partial charge in [-0.3, -0.25) is 0 Å². The largest absolute Gasteiger partial charge is 0.476 e. The van der Waals surface area contributed by atoms with Gasteiger partial charge in [-0.2, -0.15) is 0 Å². The zero-order valence-corrected chi connectivity index (χ0v) is 12.0. The van der Waals surface area contributed by atoms with Crippen LogP contribution in [-0.2, 0) is 0 Å². The van der Waals surface area contributed by atoms with Crippen molar-refractivity contribution in [2.45, 2.75) is 18.8 Å². The third kappa shape index (κ3) is 3.22. The zero-order valence-electron chi connectivity index (χ0n) is 12.0. The van der Waals surface area contributed by atoms with E-state index in [0.29, 0.717) is 5.75 Å². The van der Waals surface area contributed by atoms with Crippen molar-refractivity contribution in [2.75, 3.05) is 18.0 Å². The molecular weight excluding hydrogens is 310 g/mol. The van der Waals surface area contributed by atoms with Crippen LogP contribution in [0.3, 0.4) is 0 Å². The molecule has 0 bridgehead atoms. The minimum Gasteiger partial charge on any atom is -0.476 e. The van der Waals surface area contributed by atoms with Crippen molar-refractivity contribution in [1.82, 2.24) is 15.2 Å². The number of piperidine rings is 1. The molecule has 2 aromatic rings. The van der Waals surface area contributed by atoms with Crippen LogP contribution in [0.2, 0.25) is 0 Å². The summed E-state index contributed by atoms with van der Waals surface area (Å²) in [6.45, 7) is 0.0224. The monoisotopic (exact) mass is 324 g/mol. The average molecular weight is 324 g/mol.